The summed E-state index contributed by atoms with van der Waals surface area (Å²) in [7, 11) is 3.14. The van der Waals surface area contributed by atoms with E-state index in [9.17, 15) is 4.79 Å². The number of benzene rings is 2. The predicted molar refractivity (Wildman–Crippen MR) is 151 cm³/mol. The van der Waals surface area contributed by atoms with E-state index in [1.807, 2.05) is 6.07 Å². The zero-order chi connectivity index (χ0) is 29.7. The van der Waals surface area contributed by atoms with Gasteiger partial charge in [0, 0.05) is 31.4 Å². The first kappa shape index (κ1) is 31.0. The van der Waals surface area contributed by atoms with Crippen LogP contribution in [0.4, 0.5) is 5.69 Å². The molecular formula is C26H34N8O6. The van der Waals surface area contributed by atoms with Crippen LogP contribution in [0, 0.1) is 5.41 Å². The lowest BCUT2D eigenvalue weighted by molar-refractivity contribution is -0.134. The molecule has 1 aromatic heterocycles. The molecule has 0 aliphatic carbocycles. The Morgan fingerprint density at radius 2 is 1.82 bits per heavy atom. The second kappa shape index (κ2) is 15.2. The highest BCUT2D eigenvalue weighted by Gasteiger charge is 2.22. The number of allylic oxidation sites excluding steroid dienone is 2. The van der Waals surface area contributed by atoms with Crippen molar-refractivity contribution in [1.82, 2.24) is 14.8 Å². The highest BCUT2D eigenvalue weighted by atomic mass is 16.5. The van der Waals surface area contributed by atoms with Crippen LogP contribution in [0.15, 0.2) is 65.6 Å². The molecule has 0 spiro atoms. The lowest BCUT2D eigenvalue weighted by Gasteiger charge is -2.20. The summed E-state index contributed by atoms with van der Waals surface area (Å²) in [6.45, 7) is 1.84. The Hall–Kier alpha value is -5.24. The molecule has 10 N–H and O–H groups in total. The second-order valence-corrected chi connectivity index (χ2v) is 8.07. The van der Waals surface area contributed by atoms with Crippen LogP contribution in [0.2, 0.25) is 0 Å². The lowest BCUT2D eigenvalue weighted by atomic mass is 10.0. The molecule has 214 valence electrons. The van der Waals surface area contributed by atoms with Crippen molar-refractivity contribution < 1.29 is 24.1 Å². The number of aromatic amines is 1. The maximum absolute atomic E-state index is 12.7. The largest absolute Gasteiger partial charge is 0.497 e. The minimum absolute atomic E-state index is 0.0411. The first-order valence-electron chi connectivity index (χ1n) is 11.8. The fraction of sp³-hybridized carbons (Fsp3) is 0.231. The summed E-state index contributed by atoms with van der Waals surface area (Å²) in [5.74, 6) is 0.603. The molecule has 1 unspecified atom stereocenters. The van der Waals surface area contributed by atoms with E-state index >= 15 is 0 Å². The minimum atomic E-state index is -0.833. The number of nitrogens with one attached hydrogen (secondary N) is 3. The summed E-state index contributed by atoms with van der Waals surface area (Å²) in [5, 5.41) is 22.8. The van der Waals surface area contributed by atoms with Crippen molar-refractivity contribution in [3.05, 3.63) is 88.3 Å². The number of carboxylic acids is 1. The van der Waals surface area contributed by atoms with E-state index in [2.05, 4.69) is 15.4 Å². The number of carboxylic acid groups (broad SMARTS) is 1. The highest BCUT2D eigenvalue weighted by Crippen LogP contribution is 2.31. The van der Waals surface area contributed by atoms with Crippen LogP contribution in [-0.2, 0) is 9.53 Å². The Balaban J connectivity index is 0.00000131. The molecule has 0 amide bonds. The minimum Gasteiger partial charge on any atom is -0.497 e. The Bertz CT molecular complexity index is 1390. The van der Waals surface area contributed by atoms with Gasteiger partial charge in [-0.15, -0.1) is 5.10 Å². The summed E-state index contributed by atoms with van der Waals surface area (Å²) in [4.78, 5) is 24.4. The van der Waals surface area contributed by atoms with Crippen molar-refractivity contribution in [2.24, 2.45) is 17.2 Å². The van der Waals surface area contributed by atoms with Crippen LogP contribution in [0.25, 0.3) is 5.82 Å². The van der Waals surface area contributed by atoms with Gasteiger partial charge in [0.2, 0.25) is 0 Å². The fourth-order valence-corrected chi connectivity index (χ4v) is 3.30. The van der Waals surface area contributed by atoms with Gasteiger partial charge in [0.25, 0.3) is 5.97 Å². The quantitative estimate of drug-likeness (QED) is 0.0732. The number of nitrogen functional groups attached to an aromatic ring is 1. The SMILES string of the molecule is CC(=O)O.COCCOc1cc(OC)cc(C(Nc2ccc(C(=N)N)cc2)c2nn(/C(N)=C/C=C\N)c(=O)[nH]2)c1. The first-order valence-corrected chi connectivity index (χ1v) is 11.8. The van der Waals surface area contributed by atoms with E-state index in [0.717, 1.165) is 11.6 Å². The van der Waals surface area contributed by atoms with Gasteiger partial charge in [-0.25, -0.2) is 4.79 Å². The average Bonchev–Trinajstić information content (AvgIpc) is 3.31. The van der Waals surface area contributed by atoms with E-state index < -0.39 is 17.7 Å². The Labute approximate surface area is 230 Å². The molecule has 0 radical (unpaired) electrons. The van der Waals surface area contributed by atoms with Crippen LogP contribution >= 0.6 is 0 Å². The number of aliphatic carboxylic acids is 1. The van der Waals surface area contributed by atoms with Gasteiger partial charge in [-0.1, -0.05) is 0 Å². The van der Waals surface area contributed by atoms with Crippen LogP contribution in [0.1, 0.15) is 29.9 Å². The summed E-state index contributed by atoms with van der Waals surface area (Å²) in [5.41, 5.74) is 18.4. The molecule has 2 aromatic carbocycles. The van der Waals surface area contributed by atoms with Gasteiger partial charge in [-0.05, 0) is 60.3 Å². The van der Waals surface area contributed by atoms with Crippen molar-refractivity contribution in [2.75, 3.05) is 32.8 Å². The molecule has 0 bridgehead atoms. The maximum Gasteiger partial charge on any atom is 0.349 e. The van der Waals surface area contributed by atoms with Gasteiger partial charge in [0.05, 0.1) is 13.7 Å². The first-order chi connectivity index (χ1) is 19.1. The molecule has 3 rings (SSSR count). The lowest BCUT2D eigenvalue weighted by Crippen LogP contribution is -2.21. The van der Waals surface area contributed by atoms with Gasteiger partial charge < -0.3 is 41.8 Å². The van der Waals surface area contributed by atoms with Crippen molar-refractivity contribution in [3.63, 3.8) is 0 Å². The third-order valence-electron chi connectivity index (χ3n) is 5.07. The number of hydrogen-bond acceptors (Lipinski definition) is 10. The van der Waals surface area contributed by atoms with Gasteiger partial charge in [-0.2, -0.15) is 4.68 Å². The van der Waals surface area contributed by atoms with Crippen LogP contribution < -0.4 is 37.7 Å². The zero-order valence-corrected chi connectivity index (χ0v) is 22.4. The van der Waals surface area contributed by atoms with E-state index in [1.54, 1.807) is 50.6 Å². The number of methoxy groups -OCH3 is 2. The molecular weight excluding hydrogens is 520 g/mol. The van der Waals surface area contributed by atoms with Crippen LogP contribution in [0.5, 0.6) is 11.5 Å². The average molecular weight is 555 g/mol. The highest BCUT2D eigenvalue weighted by molar-refractivity contribution is 5.95. The summed E-state index contributed by atoms with van der Waals surface area (Å²) < 4.78 is 17.4. The van der Waals surface area contributed by atoms with Gasteiger partial charge in [0.1, 0.15) is 35.8 Å². The summed E-state index contributed by atoms with van der Waals surface area (Å²) in [6.07, 6.45) is 4.25. The zero-order valence-electron chi connectivity index (χ0n) is 22.4. The van der Waals surface area contributed by atoms with E-state index in [1.165, 1.54) is 18.4 Å². The molecule has 0 aliphatic heterocycles. The molecule has 0 aliphatic rings. The molecule has 40 heavy (non-hydrogen) atoms. The third kappa shape index (κ3) is 9.25. The summed E-state index contributed by atoms with van der Waals surface area (Å²) in [6, 6.07) is 11.7. The normalized spacial score (nSPS) is 11.8. The number of anilines is 1. The Kier molecular flexibility index (Phi) is 11.8. The van der Waals surface area contributed by atoms with Gasteiger partial charge >= 0.3 is 5.69 Å². The number of rotatable bonds is 12. The van der Waals surface area contributed by atoms with E-state index in [-0.39, 0.29) is 11.7 Å². The Morgan fingerprint density at radius 1 is 1.18 bits per heavy atom. The molecule has 0 saturated heterocycles. The molecule has 0 saturated carbocycles. The van der Waals surface area contributed by atoms with Crippen LogP contribution in [0.3, 0.4) is 0 Å². The smallest absolute Gasteiger partial charge is 0.349 e. The molecule has 14 nitrogen and oxygen atoms in total. The number of nitrogens with two attached hydrogens (primary N) is 3. The number of H-pyrrole nitrogens is 1. The molecule has 0 fully saturated rings. The molecule has 1 heterocycles. The van der Waals surface area contributed by atoms with Crippen molar-refractivity contribution >= 4 is 23.3 Å². The molecule has 1 atom stereocenters. The number of nitrogens with zero attached hydrogens (tertiary/aromatic N) is 2. The van der Waals surface area contributed by atoms with Gasteiger partial charge in [-0.3, -0.25) is 15.2 Å². The number of hydrogen-bond donors (Lipinski definition) is 7. The number of carbonyl (C=O) groups is 1. The maximum atomic E-state index is 12.7. The van der Waals surface area contributed by atoms with Crippen molar-refractivity contribution in [1.29, 1.82) is 5.41 Å². The predicted octanol–water partition coefficient (Wildman–Crippen LogP) is 1.41. The summed E-state index contributed by atoms with van der Waals surface area (Å²) >= 11 is 0. The van der Waals surface area contributed by atoms with Gasteiger partial charge in [0.15, 0.2) is 5.82 Å². The van der Waals surface area contributed by atoms with E-state index in [0.29, 0.717) is 47.4 Å². The molecule has 3 aromatic rings. The van der Waals surface area contributed by atoms with Crippen molar-refractivity contribution in [2.45, 2.75) is 13.0 Å². The van der Waals surface area contributed by atoms with Crippen molar-refractivity contribution in [3.8, 4) is 11.5 Å². The third-order valence-corrected chi connectivity index (χ3v) is 5.07. The number of amidine groups is 1. The van der Waals surface area contributed by atoms with Crippen LogP contribution in [-0.4, -0.2) is 59.1 Å². The Morgan fingerprint density at radius 3 is 2.40 bits per heavy atom. The number of ether oxygens (including phenoxy) is 3. The molecule has 14 heteroatoms. The second-order valence-electron chi connectivity index (χ2n) is 8.07. The van der Waals surface area contributed by atoms with E-state index in [4.69, 9.17) is 46.7 Å². The topological polar surface area (TPSA) is 230 Å². The number of aromatic nitrogens is 3. The fourth-order valence-electron chi connectivity index (χ4n) is 3.30. The monoisotopic (exact) mass is 554 g/mol. The standard InChI is InChI=1S/C24H30N8O4.C2H4O2/c1-34-10-11-36-19-13-16(12-18(14-19)35-2)21(29-17-7-5-15(6-8-17)22(27)28)23-30-24(33)32(31-23)20(26)4-3-9-25;1-2(3)4/h3-9,12-14,21,29H,10-11,25-26H2,1-2H3,(H3,27,28)(H,30,31,33);1H3,(H,3,4)/b9-3-,20-4+;.